The summed E-state index contributed by atoms with van der Waals surface area (Å²) in [5.41, 5.74) is -0.160. The number of hydrogen-bond donors (Lipinski definition) is 2. The van der Waals surface area contributed by atoms with Crippen molar-refractivity contribution in [3.8, 4) is 0 Å². The smallest absolute Gasteiger partial charge is 0.309 e. The van der Waals surface area contributed by atoms with E-state index in [4.69, 9.17) is 4.74 Å². The quantitative estimate of drug-likeness (QED) is 0.406. The maximum Gasteiger partial charge on any atom is 0.309 e. The van der Waals surface area contributed by atoms with Gasteiger partial charge in [-0.15, -0.1) is 0 Å². The summed E-state index contributed by atoms with van der Waals surface area (Å²) >= 11 is 0. The van der Waals surface area contributed by atoms with Gasteiger partial charge in [-0.2, -0.15) is 0 Å². The number of carbonyl (C=O) groups is 2. The van der Waals surface area contributed by atoms with Crippen LogP contribution in [0.2, 0.25) is 0 Å². The standard InChI is InChI=1S/C32H52O5/c1-19(18-33)21-10-15-32(27(35)36)17-16-30(6)22(26(21)32)8-9-24-29(5)13-12-25(37-20(2)34)28(3,4)23(29)11-14-31(24,30)7/h19,21-26,33H,8-18H2,1-7H3,(H,35,36)/t19?,21-,22?,23?,24?,25+,26?,29-,30+,31+,32-/m0/s1. The van der Waals surface area contributed by atoms with Crippen molar-refractivity contribution in [1.82, 2.24) is 0 Å². The first kappa shape index (κ1) is 27.5. The molecule has 5 saturated carbocycles. The Labute approximate surface area is 224 Å². The van der Waals surface area contributed by atoms with Gasteiger partial charge in [0.15, 0.2) is 0 Å². The number of fused-ring (bicyclic) bond motifs is 7. The largest absolute Gasteiger partial charge is 0.481 e. The van der Waals surface area contributed by atoms with Crippen LogP contribution in [0.5, 0.6) is 0 Å². The Kier molecular flexibility index (Phi) is 6.46. The van der Waals surface area contributed by atoms with E-state index >= 15 is 0 Å². The molecular weight excluding hydrogens is 464 g/mol. The molecule has 37 heavy (non-hydrogen) atoms. The van der Waals surface area contributed by atoms with E-state index in [1.807, 2.05) is 0 Å². The lowest BCUT2D eigenvalue weighted by Crippen LogP contribution is -2.67. The molecule has 2 N–H and O–H groups in total. The second kappa shape index (κ2) is 8.70. The SMILES string of the molecule is CC(=O)O[C@@H]1CC[C@@]2(C)C(CC[C@]3(C)C2CCC2C4[C@H](C(C)CO)CC[C@]4(C(=O)O)CC[C@]23C)C1(C)C. The fraction of sp³-hybridized carbons (Fsp3) is 0.938. The van der Waals surface area contributed by atoms with Crippen molar-refractivity contribution in [2.75, 3.05) is 6.61 Å². The Morgan fingerprint density at radius 3 is 2.19 bits per heavy atom. The molecule has 0 aromatic carbocycles. The number of aliphatic hydroxyl groups is 1. The third kappa shape index (κ3) is 3.50. The molecule has 0 aromatic heterocycles. The van der Waals surface area contributed by atoms with E-state index in [0.717, 1.165) is 51.4 Å². The number of carboxylic acids is 1. The highest BCUT2D eigenvalue weighted by atomic mass is 16.5. The van der Waals surface area contributed by atoms with Crippen LogP contribution in [0.1, 0.15) is 113 Å². The zero-order chi connectivity index (χ0) is 27.2. The van der Waals surface area contributed by atoms with Crippen molar-refractivity contribution in [2.24, 2.45) is 62.6 Å². The first-order chi connectivity index (χ1) is 17.2. The van der Waals surface area contributed by atoms with Crippen molar-refractivity contribution >= 4 is 11.9 Å². The minimum atomic E-state index is -0.605. The molecule has 5 nitrogen and oxygen atoms in total. The number of aliphatic hydroxyl groups excluding tert-OH is 1. The van der Waals surface area contributed by atoms with Gasteiger partial charge in [0.2, 0.25) is 0 Å². The molecule has 5 fully saturated rings. The van der Waals surface area contributed by atoms with E-state index in [0.29, 0.717) is 23.7 Å². The van der Waals surface area contributed by atoms with Gasteiger partial charge >= 0.3 is 11.9 Å². The number of rotatable bonds is 4. The molecule has 210 valence electrons. The van der Waals surface area contributed by atoms with E-state index < -0.39 is 11.4 Å². The number of esters is 1. The van der Waals surface area contributed by atoms with Gasteiger partial charge in [0.25, 0.3) is 0 Å². The van der Waals surface area contributed by atoms with E-state index in [9.17, 15) is 19.8 Å². The average molecular weight is 517 g/mol. The summed E-state index contributed by atoms with van der Waals surface area (Å²) in [6.45, 7) is 16.2. The highest BCUT2D eigenvalue weighted by Gasteiger charge is 2.72. The summed E-state index contributed by atoms with van der Waals surface area (Å²) in [5, 5.41) is 20.7. The van der Waals surface area contributed by atoms with Crippen molar-refractivity contribution in [1.29, 1.82) is 0 Å². The monoisotopic (exact) mass is 516 g/mol. The molecule has 5 rings (SSSR count). The number of carboxylic acid groups (broad SMARTS) is 1. The minimum Gasteiger partial charge on any atom is -0.481 e. The summed E-state index contributed by atoms with van der Waals surface area (Å²) < 4.78 is 5.88. The van der Waals surface area contributed by atoms with Crippen molar-refractivity contribution < 1.29 is 24.5 Å². The topological polar surface area (TPSA) is 83.8 Å². The molecule has 0 radical (unpaired) electrons. The molecule has 5 aliphatic rings. The Morgan fingerprint density at radius 2 is 1.57 bits per heavy atom. The Balaban J connectivity index is 1.52. The van der Waals surface area contributed by atoms with E-state index in [1.54, 1.807) is 0 Å². The van der Waals surface area contributed by atoms with Gasteiger partial charge in [-0.1, -0.05) is 41.5 Å². The normalized spacial score (nSPS) is 51.1. The second-order valence-corrected chi connectivity index (χ2v) is 15.5. The van der Waals surface area contributed by atoms with Crippen molar-refractivity contribution in [2.45, 2.75) is 119 Å². The highest BCUT2D eigenvalue weighted by molar-refractivity contribution is 5.76. The van der Waals surface area contributed by atoms with E-state index in [-0.39, 0.29) is 52.2 Å². The minimum absolute atomic E-state index is 0.00978. The fourth-order valence-corrected chi connectivity index (χ4v) is 12.2. The van der Waals surface area contributed by atoms with Crippen LogP contribution in [-0.4, -0.2) is 34.9 Å². The van der Waals surface area contributed by atoms with Crippen LogP contribution in [0.15, 0.2) is 0 Å². The fourth-order valence-electron chi connectivity index (χ4n) is 12.2. The first-order valence-electron chi connectivity index (χ1n) is 15.2. The maximum atomic E-state index is 12.9. The summed E-state index contributed by atoms with van der Waals surface area (Å²) in [6.07, 6.45) is 10.2. The Hall–Kier alpha value is -1.10. The van der Waals surface area contributed by atoms with E-state index in [2.05, 4.69) is 41.5 Å². The Bertz CT molecular complexity index is 943. The number of aliphatic carboxylic acids is 1. The third-order valence-electron chi connectivity index (χ3n) is 14.2. The van der Waals surface area contributed by atoms with Crippen LogP contribution < -0.4 is 0 Å². The van der Waals surface area contributed by atoms with Crippen LogP contribution >= 0.6 is 0 Å². The van der Waals surface area contributed by atoms with Gasteiger partial charge in [-0.05, 0) is 116 Å². The lowest BCUT2D eigenvalue weighted by molar-refractivity contribution is -0.251. The molecule has 5 aliphatic carbocycles. The van der Waals surface area contributed by atoms with Gasteiger partial charge in [-0.3, -0.25) is 9.59 Å². The first-order valence-corrected chi connectivity index (χ1v) is 15.2. The van der Waals surface area contributed by atoms with Crippen LogP contribution in [0.3, 0.4) is 0 Å². The molecule has 0 amide bonds. The summed E-state index contributed by atoms with van der Waals surface area (Å²) in [5.74, 6) is 1.41. The lowest BCUT2D eigenvalue weighted by atomic mass is 9.32. The van der Waals surface area contributed by atoms with Gasteiger partial charge in [0.05, 0.1) is 5.41 Å². The van der Waals surface area contributed by atoms with Gasteiger partial charge in [0, 0.05) is 18.9 Å². The van der Waals surface area contributed by atoms with Crippen LogP contribution in [0.25, 0.3) is 0 Å². The molecule has 11 atom stereocenters. The number of ether oxygens (including phenoxy) is 1. The molecule has 0 saturated heterocycles. The number of carbonyl (C=O) groups excluding carboxylic acids is 1. The zero-order valence-electron chi connectivity index (χ0n) is 24.4. The van der Waals surface area contributed by atoms with E-state index in [1.165, 1.54) is 19.8 Å². The summed E-state index contributed by atoms with van der Waals surface area (Å²) in [6, 6.07) is 0. The highest BCUT2D eigenvalue weighted by Crippen LogP contribution is 2.77. The number of hydrogen-bond acceptors (Lipinski definition) is 4. The average Bonchev–Trinajstić information content (AvgIpc) is 3.22. The van der Waals surface area contributed by atoms with Crippen LogP contribution in [-0.2, 0) is 14.3 Å². The molecule has 0 bridgehead atoms. The van der Waals surface area contributed by atoms with Gasteiger partial charge in [0.1, 0.15) is 6.10 Å². The third-order valence-corrected chi connectivity index (χ3v) is 14.2. The van der Waals surface area contributed by atoms with Crippen molar-refractivity contribution in [3.05, 3.63) is 0 Å². The molecule has 5 heteroatoms. The zero-order valence-corrected chi connectivity index (χ0v) is 24.4. The molecule has 0 aromatic rings. The Morgan fingerprint density at radius 1 is 0.865 bits per heavy atom. The predicted octanol–water partition coefficient (Wildman–Crippen LogP) is 6.71. The second-order valence-electron chi connectivity index (χ2n) is 15.5. The molecule has 5 unspecified atom stereocenters. The van der Waals surface area contributed by atoms with Crippen molar-refractivity contribution in [3.63, 3.8) is 0 Å². The molecule has 0 heterocycles. The molecular formula is C32H52O5. The molecule has 0 aliphatic heterocycles. The van der Waals surface area contributed by atoms with Gasteiger partial charge in [-0.25, -0.2) is 0 Å². The lowest BCUT2D eigenvalue weighted by Gasteiger charge is -2.72. The molecule has 0 spiro atoms. The maximum absolute atomic E-state index is 12.9. The van der Waals surface area contributed by atoms with Gasteiger partial charge < -0.3 is 14.9 Å². The summed E-state index contributed by atoms with van der Waals surface area (Å²) in [4.78, 5) is 24.8. The summed E-state index contributed by atoms with van der Waals surface area (Å²) in [7, 11) is 0. The van der Waals surface area contributed by atoms with Crippen LogP contribution in [0.4, 0.5) is 0 Å². The van der Waals surface area contributed by atoms with Crippen LogP contribution in [0, 0.1) is 62.6 Å². The predicted molar refractivity (Wildman–Crippen MR) is 144 cm³/mol.